The molecule has 84 valence electrons. The summed E-state index contributed by atoms with van der Waals surface area (Å²) in [6, 6.07) is 1.87. The monoisotopic (exact) mass is 253 g/mol. The largest absolute Gasteiger partial charge is 0.383 e. The molecule has 0 atom stereocenters. The zero-order chi connectivity index (χ0) is 11.4. The van der Waals surface area contributed by atoms with E-state index in [1.54, 1.807) is 23.7 Å². The van der Waals surface area contributed by atoms with Crippen molar-refractivity contribution in [1.82, 2.24) is 9.97 Å². The molecule has 0 saturated heterocycles. The number of aryl methyl sites for hydroxylation is 1. The second kappa shape index (κ2) is 5.27. The summed E-state index contributed by atoms with van der Waals surface area (Å²) in [5.41, 5.74) is 2.01. The van der Waals surface area contributed by atoms with Crippen molar-refractivity contribution in [3.63, 3.8) is 0 Å². The number of rotatable bonds is 4. The van der Waals surface area contributed by atoms with Crippen molar-refractivity contribution < 1.29 is 0 Å². The molecule has 3 nitrogen and oxygen atoms in total. The number of hydrogen-bond donors (Lipinski definition) is 1. The molecule has 2 aromatic rings. The fourth-order valence-corrected chi connectivity index (χ4v) is 2.30. The van der Waals surface area contributed by atoms with Gasteiger partial charge in [0.2, 0.25) is 0 Å². The number of halogens is 1. The van der Waals surface area contributed by atoms with E-state index >= 15 is 0 Å². The van der Waals surface area contributed by atoms with Crippen molar-refractivity contribution in [2.24, 2.45) is 0 Å². The average molecular weight is 254 g/mol. The molecular weight excluding hydrogens is 242 g/mol. The summed E-state index contributed by atoms with van der Waals surface area (Å²) in [6.07, 6.45) is 4.27. The van der Waals surface area contributed by atoms with Crippen LogP contribution < -0.4 is 5.32 Å². The van der Waals surface area contributed by atoms with E-state index in [9.17, 15) is 0 Å². The molecule has 0 saturated carbocycles. The second-order valence-corrected chi connectivity index (χ2v) is 4.76. The van der Waals surface area contributed by atoms with Crippen molar-refractivity contribution in [3.05, 3.63) is 39.6 Å². The fraction of sp³-hybridized carbons (Fsp3) is 0.273. The minimum absolute atomic E-state index is 0.651. The Labute approximate surface area is 104 Å². The molecule has 0 unspecified atom stereocenters. The number of aromatic nitrogens is 2. The quantitative estimate of drug-likeness (QED) is 0.910. The number of nitrogens with one attached hydrogen (secondary N) is 1. The summed E-state index contributed by atoms with van der Waals surface area (Å²) in [7, 11) is 0. The first-order valence-corrected chi connectivity index (χ1v) is 6.26. The molecule has 0 bridgehead atoms. The summed E-state index contributed by atoms with van der Waals surface area (Å²) in [6.45, 7) is 2.84. The standard InChI is InChI=1S/C11H12ClN3S/c1-8-7-16-11(15-8)3-5-14-10-2-4-13-6-9(10)12/h2,4,6-7H,3,5H2,1H3,(H,13,14). The first-order chi connectivity index (χ1) is 7.75. The Kier molecular flexibility index (Phi) is 3.74. The summed E-state index contributed by atoms with van der Waals surface area (Å²) in [5.74, 6) is 0. The zero-order valence-corrected chi connectivity index (χ0v) is 10.5. The number of nitrogens with zero attached hydrogens (tertiary/aromatic N) is 2. The molecule has 0 fully saturated rings. The van der Waals surface area contributed by atoms with Gasteiger partial charge >= 0.3 is 0 Å². The highest BCUT2D eigenvalue weighted by molar-refractivity contribution is 7.09. The van der Waals surface area contributed by atoms with Crippen LogP contribution in [-0.4, -0.2) is 16.5 Å². The van der Waals surface area contributed by atoms with Gasteiger partial charge < -0.3 is 5.32 Å². The van der Waals surface area contributed by atoms with Crippen molar-refractivity contribution in [2.45, 2.75) is 13.3 Å². The number of pyridine rings is 1. The van der Waals surface area contributed by atoms with Gasteiger partial charge in [-0.2, -0.15) is 0 Å². The van der Waals surface area contributed by atoms with Crippen LogP contribution in [0.5, 0.6) is 0 Å². The van der Waals surface area contributed by atoms with Gasteiger partial charge in [-0.25, -0.2) is 4.98 Å². The SMILES string of the molecule is Cc1csc(CCNc2ccncc2Cl)n1. The van der Waals surface area contributed by atoms with Crippen LogP contribution >= 0.6 is 22.9 Å². The average Bonchev–Trinajstić information content (AvgIpc) is 2.67. The highest BCUT2D eigenvalue weighted by Gasteiger charge is 2.00. The van der Waals surface area contributed by atoms with Crippen LogP contribution in [0.15, 0.2) is 23.8 Å². The maximum Gasteiger partial charge on any atom is 0.0945 e. The van der Waals surface area contributed by atoms with Crippen molar-refractivity contribution in [2.75, 3.05) is 11.9 Å². The lowest BCUT2D eigenvalue weighted by atomic mass is 10.3. The summed E-state index contributed by atoms with van der Waals surface area (Å²) >= 11 is 7.66. The van der Waals surface area contributed by atoms with Gasteiger partial charge in [-0.05, 0) is 13.0 Å². The van der Waals surface area contributed by atoms with Crippen LogP contribution in [0.4, 0.5) is 5.69 Å². The molecule has 2 heterocycles. The normalized spacial score (nSPS) is 10.4. The zero-order valence-electron chi connectivity index (χ0n) is 8.90. The van der Waals surface area contributed by atoms with E-state index in [-0.39, 0.29) is 0 Å². The molecule has 0 radical (unpaired) electrons. The van der Waals surface area contributed by atoms with E-state index in [1.807, 2.05) is 13.0 Å². The molecule has 1 N–H and O–H groups in total. The molecule has 0 amide bonds. The predicted octanol–water partition coefficient (Wildman–Crippen LogP) is 3.15. The maximum absolute atomic E-state index is 5.97. The van der Waals surface area contributed by atoms with Crippen LogP contribution in [0.1, 0.15) is 10.7 Å². The molecule has 0 aliphatic heterocycles. The lowest BCUT2D eigenvalue weighted by Gasteiger charge is -2.05. The Bertz CT molecular complexity index is 470. The van der Waals surface area contributed by atoms with Gasteiger partial charge in [0.05, 0.1) is 15.7 Å². The third-order valence-corrected chi connectivity index (χ3v) is 3.42. The fourth-order valence-electron chi connectivity index (χ4n) is 1.34. The maximum atomic E-state index is 5.97. The Hall–Kier alpha value is -1.13. The third kappa shape index (κ3) is 2.93. The summed E-state index contributed by atoms with van der Waals surface area (Å²) in [4.78, 5) is 8.33. The molecule has 0 spiro atoms. The Morgan fingerprint density at radius 1 is 1.50 bits per heavy atom. The van der Waals surface area contributed by atoms with Crippen LogP contribution in [0.3, 0.4) is 0 Å². The van der Waals surface area contributed by atoms with Gasteiger partial charge in [0, 0.05) is 36.4 Å². The lowest BCUT2D eigenvalue weighted by molar-refractivity contribution is 0.986. The second-order valence-electron chi connectivity index (χ2n) is 3.41. The predicted molar refractivity (Wildman–Crippen MR) is 68.3 cm³/mol. The van der Waals surface area contributed by atoms with Crippen molar-refractivity contribution in [1.29, 1.82) is 0 Å². The number of anilines is 1. The van der Waals surface area contributed by atoms with Gasteiger partial charge in [0.15, 0.2) is 0 Å². The van der Waals surface area contributed by atoms with Crippen LogP contribution in [0.2, 0.25) is 5.02 Å². The van der Waals surface area contributed by atoms with Gasteiger partial charge in [-0.1, -0.05) is 11.6 Å². The van der Waals surface area contributed by atoms with Crippen molar-refractivity contribution in [3.8, 4) is 0 Å². The molecular formula is C11H12ClN3S. The molecule has 2 aromatic heterocycles. The Morgan fingerprint density at radius 3 is 3.06 bits per heavy atom. The van der Waals surface area contributed by atoms with Crippen LogP contribution in [0, 0.1) is 6.92 Å². The molecule has 0 aliphatic carbocycles. The minimum Gasteiger partial charge on any atom is -0.383 e. The topological polar surface area (TPSA) is 37.8 Å². The van der Waals surface area contributed by atoms with Gasteiger partial charge in [-0.3, -0.25) is 4.98 Å². The van der Waals surface area contributed by atoms with E-state index in [0.29, 0.717) is 5.02 Å². The Balaban J connectivity index is 1.87. The first kappa shape index (κ1) is 11.4. The van der Waals surface area contributed by atoms with E-state index < -0.39 is 0 Å². The lowest BCUT2D eigenvalue weighted by Crippen LogP contribution is -2.05. The minimum atomic E-state index is 0.651. The van der Waals surface area contributed by atoms with E-state index in [0.717, 1.165) is 29.4 Å². The molecule has 2 rings (SSSR count). The third-order valence-electron chi connectivity index (χ3n) is 2.09. The van der Waals surface area contributed by atoms with E-state index in [2.05, 4.69) is 20.7 Å². The molecule has 0 aromatic carbocycles. The number of thiazole rings is 1. The van der Waals surface area contributed by atoms with Gasteiger partial charge in [-0.15, -0.1) is 11.3 Å². The van der Waals surface area contributed by atoms with Gasteiger partial charge in [0.1, 0.15) is 0 Å². The molecule has 5 heteroatoms. The van der Waals surface area contributed by atoms with E-state index in [4.69, 9.17) is 11.6 Å². The Morgan fingerprint density at radius 2 is 2.38 bits per heavy atom. The van der Waals surface area contributed by atoms with Crippen LogP contribution in [-0.2, 0) is 6.42 Å². The highest BCUT2D eigenvalue weighted by atomic mass is 35.5. The summed E-state index contributed by atoms with van der Waals surface area (Å²) < 4.78 is 0. The van der Waals surface area contributed by atoms with Gasteiger partial charge in [0.25, 0.3) is 0 Å². The smallest absolute Gasteiger partial charge is 0.0945 e. The molecule has 16 heavy (non-hydrogen) atoms. The highest BCUT2D eigenvalue weighted by Crippen LogP contribution is 2.19. The first-order valence-electron chi connectivity index (χ1n) is 5.00. The number of hydrogen-bond acceptors (Lipinski definition) is 4. The summed E-state index contributed by atoms with van der Waals surface area (Å²) in [5, 5.41) is 7.13. The molecule has 0 aliphatic rings. The van der Waals surface area contributed by atoms with E-state index in [1.165, 1.54) is 0 Å². The van der Waals surface area contributed by atoms with Crippen LogP contribution in [0.25, 0.3) is 0 Å². The van der Waals surface area contributed by atoms with Crippen molar-refractivity contribution >= 4 is 28.6 Å².